The van der Waals surface area contributed by atoms with Crippen molar-refractivity contribution in [3.8, 4) is 0 Å². The second kappa shape index (κ2) is 7.30. The number of fused-ring (bicyclic) bond motifs is 1. The minimum atomic E-state index is -0.876. The monoisotopic (exact) mass is 323 g/mol. The van der Waals surface area contributed by atoms with Gasteiger partial charge in [-0.25, -0.2) is 0 Å². The van der Waals surface area contributed by atoms with Crippen LogP contribution in [-0.2, 0) is 28.9 Å². The molecule has 0 fully saturated rings. The average molecular weight is 323 g/mol. The van der Waals surface area contributed by atoms with E-state index < -0.39 is 5.97 Å². The summed E-state index contributed by atoms with van der Waals surface area (Å²) in [6, 6.07) is 15.5. The van der Waals surface area contributed by atoms with Crippen LogP contribution in [0.2, 0.25) is 0 Å². The highest BCUT2D eigenvalue weighted by molar-refractivity contribution is 5.91. The number of carbonyl (C=O) groups excluding carboxylic acids is 1. The number of benzene rings is 2. The molecular weight excluding hydrogens is 302 g/mol. The summed E-state index contributed by atoms with van der Waals surface area (Å²) in [5.41, 5.74) is 4.10. The molecule has 0 saturated heterocycles. The Morgan fingerprint density at radius 2 is 1.88 bits per heavy atom. The maximum absolute atomic E-state index is 12.3. The largest absolute Gasteiger partial charge is 0.481 e. The molecule has 1 amide bonds. The number of hydrogen-bond acceptors (Lipinski definition) is 2. The molecule has 4 nitrogen and oxygen atoms in total. The standard InChI is InChI=1S/C20H21NO3/c22-19(21-18-7-3-4-14(11-18)13-20(23)24)12-15-8-9-16-5-1-2-6-17(16)10-15/h1-7,11,15H,8-10,12-13H2,(H,21,22)(H,23,24). The second-order valence-electron chi connectivity index (χ2n) is 6.40. The van der Waals surface area contributed by atoms with E-state index in [1.807, 2.05) is 0 Å². The SMILES string of the molecule is O=C(O)Cc1cccc(NC(=O)CC2CCc3ccccc3C2)c1. The number of rotatable bonds is 5. The maximum Gasteiger partial charge on any atom is 0.307 e. The van der Waals surface area contributed by atoms with Gasteiger partial charge in [-0.05, 0) is 54.0 Å². The van der Waals surface area contributed by atoms with Crippen molar-refractivity contribution in [1.29, 1.82) is 0 Å². The number of aliphatic carboxylic acids is 1. The van der Waals surface area contributed by atoms with Gasteiger partial charge in [0.05, 0.1) is 6.42 Å². The smallest absolute Gasteiger partial charge is 0.307 e. The lowest BCUT2D eigenvalue weighted by molar-refractivity contribution is -0.136. The molecule has 0 aliphatic heterocycles. The van der Waals surface area contributed by atoms with E-state index in [1.54, 1.807) is 24.3 Å². The molecule has 4 heteroatoms. The first-order chi connectivity index (χ1) is 11.6. The van der Waals surface area contributed by atoms with Crippen LogP contribution in [0.15, 0.2) is 48.5 Å². The van der Waals surface area contributed by atoms with Crippen LogP contribution in [0.25, 0.3) is 0 Å². The van der Waals surface area contributed by atoms with Crippen molar-refractivity contribution >= 4 is 17.6 Å². The zero-order valence-corrected chi connectivity index (χ0v) is 13.5. The van der Waals surface area contributed by atoms with Gasteiger partial charge < -0.3 is 10.4 Å². The lowest BCUT2D eigenvalue weighted by Crippen LogP contribution is -2.21. The fourth-order valence-corrected chi connectivity index (χ4v) is 3.36. The predicted octanol–water partition coefficient (Wildman–Crippen LogP) is 3.45. The first-order valence-electron chi connectivity index (χ1n) is 8.27. The quantitative estimate of drug-likeness (QED) is 0.885. The molecule has 1 unspecified atom stereocenters. The highest BCUT2D eigenvalue weighted by Gasteiger charge is 2.20. The maximum atomic E-state index is 12.3. The van der Waals surface area contributed by atoms with Crippen molar-refractivity contribution in [3.63, 3.8) is 0 Å². The third-order valence-electron chi connectivity index (χ3n) is 4.49. The van der Waals surface area contributed by atoms with Crippen LogP contribution in [0.3, 0.4) is 0 Å². The Hall–Kier alpha value is -2.62. The van der Waals surface area contributed by atoms with Gasteiger partial charge >= 0.3 is 5.97 Å². The average Bonchev–Trinajstić information content (AvgIpc) is 2.54. The summed E-state index contributed by atoms with van der Waals surface area (Å²) >= 11 is 0. The molecular formula is C20H21NO3. The first-order valence-corrected chi connectivity index (χ1v) is 8.27. The molecule has 2 aromatic rings. The van der Waals surface area contributed by atoms with E-state index in [1.165, 1.54) is 11.1 Å². The van der Waals surface area contributed by atoms with Crippen LogP contribution < -0.4 is 5.32 Å². The lowest BCUT2D eigenvalue weighted by Gasteiger charge is -2.24. The Labute approximate surface area is 141 Å². The fourth-order valence-electron chi connectivity index (χ4n) is 3.36. The summed E-state index contributed by atoms with van der Waals surface area (Å²) in [5.74, 6) is -0.520. The Kier molecular flexibility index (Phi) is 4.94. The van der Waals surface area contributed by atoms with Crippen molar-refractivity contribution in [3.05, 3.63) is 65.2 Å². The zero-order valence-electron chi connectivity index (χ0n) is 13.5. The third-order valence-corrected chi connectivity index (χ3v) is 4.49. The van der Waals surface area contributed by atoms with E-state index >= 15 is 0 Å². The Bertz CT molecular complexity index is 754. The lowest BCUT2D eigenvalue weighted by atomic mass is 9.82. The number of aryl methyl sites for hydroxylation is 1. The molecule has 0 saturated carbocycles. The zero-order chi connectivity index (χ0) is 16.9. The van der Waals surface area contributed by atoms with Gasteiger partial charge in [-0.2, -0.15) is 0 Å². The molecule has 2 N–H and O–H groups in total. The Balaban J connectivity index is 1.57. The van der Waals surface area contributed by atoms with E-state index in [4.69, 9.17) is 5.11 Å². The van der Waals surface area contributed by atoms with Gasteiger partial charge in [-0.15, -0.1) is 0 Å². The summed E-state index contributed by atoms with van der Waals surface area (Å²) in [5, 5.41) is 11.7. The molecule has 24 heavy (non-hydrogen) atoms. The molecule has 124 valence electrons. The molecule has 0 aromatic heterocycles. The van der Waals surface area contributed by atoms with Gasteiger partial charge in [0.1, 0.15) is 0 Å². The number of hydrogen-bond donors (Lipinski definition) is 2. The molecule has 3 rings (SSSR count). The van der Waals surface area contributed by atoms with E-state index in [-0.39, 0.29) is 12.3 Å². The number of nitrogens with one attached hydrogen (secondary N) is 1. The second-order valence-corrected chi connectivity index (χ2v) is 6.40. The molecule has 0 spiro atoms. The minimum absolute atomic E-state index is 0.00754. The minimum Gasteiger partial charge on any atom is -0.481 e. The van der Waals surface area contributed by atoms with Gasteiger partial charge in [0.2, 0.25) is 5.91 Å². The molecule has 1 aliphatic rings. The molecule has 1 atom stereocenters. The van der Waals surface area contributed by atoms with Gasteiger partial charge in [-0.3, -0.25) is 9.59 Å². The van der Waals surface area contributed by atoms with Crippen molar-refractivity contribution in [2.45, 2.75) is 32.1 Å². The van der Waals surface area contributed by atoms with Crippen LogP contribution in [0.1, 0.15) is 29.5 Å². The number of amides is 1. The summed E-state index contributed by atoms with van der Waals surface area (Å²) in [6.45, 7) is 0. The number of anilines is 1. The topological polar surface area (TPSA) is 66.4 Å². The van der Waals surface area contributed by atoms with Crippen molar-refractivity contribution in [1.82, 2.24) is 0 Å². The van der Waals surface area contributed by atoms with Crippen molar-refractivity contribution in [2.75, 3.05) is 5.32 Å². The predicted molar refractivity (Wildman–Crippen MR) is 93.0 cm³/mol. The van der Waals surface area contributed by atoms with Gasteiger partial charge in [0, 0.05) is 12.1 Å². The van der Waals surface area contributed by atoms with Crippen LogP contribution in [0, 0.1) is 5.92 Å². The first kappa shape index (κ1) is 16.2. The van der Waals surface area contributed by atoms with Gasteiger partial charge in [0.25, 0.3) is 0 Å². The van der Waals surface area contributed by atoms with Crippen LogP contribution in [-0.4, -0.2) is 17.0 Å². The highest BCUT2D eigenvalue weighted by Crippen LogP contribution is 2.27. The number of carboxylic acid groups (broad SMARTS) is 1. The summed E-state index contributed by atoms with van der Waals surface area (Å²) in [4.78, 5) is 23.1. The molecule has 0 heterocycles. The van der Waals surface area contributed by atoms with Gasteiger partial charge in [-0.1, -0.05) is 36.4 Å². The molecule has 1 aliphatic carbocycles. The summed E-state index contributed by atoms with van der Waals surface area (Å²) in [6.07, 6.45) is 3.47. The summed E-state index contributed by atoms with van der Waals surface area (Å²) < 4.78 is 0. The Morgan fingerprint density at radius 1 is 1.08 bits per heavy atom. The molecule has 2 aromatic carbocycles. The van der Waals surface area contributed by atoms with E-state index in [0.717, 1.165) is 19.3 Å². The normalized spacial score (nSPS) is 16.2. The van der Waals surface area contributed by atoms with Crippen molar-refractivity contribution in [2.24, 2.45) is 5.92 Å². The fraction of sp³-hybridized carbons (Fsp3) is 0.300. The van der Waals surface area contributed by atoms with Crippen molar-refractivity contribution < 1.29 is 14.7 Å². The van der Waals surface area contributed by atoms with E-state index in [2.05, 4.69) is 29.6 Å². The Morgan fingerprint density at radius 3 is 2.67 bits per heavy atom. The highest BCUT2D eigenvalue weighted by atomic mass is 16.4. The third kappa shape index (κ3) is 4.22. The molecule has 0 bridgehead atoms. The van der Waals surface area contributed by atoms with E-state index in [0.29, 0.717) is 23.6 Å². The number of carbonyl (C=O) groups is 2. The van der Waals surface area contributed by atoms with Crippen LogP contribution >= 0.6 is 0 Å². The van der Waals surface area contributed by atoms with Crippen LogP contribution in [0.5, 0.6) is 0 Å². The number of carboxylic acids is 1. The van der Waals surface area contributed by atoms with Crippen LogP contribution in [0.4, 0.5) is 5.69 Å². The molecule has 0 radical (unpaired) electrons. The van der Waals surface area contributed by atoms with E-state index in [9.17, 15) is 9.59 Å². The van der Waals surface area contributed by atoms with Gasteiger partial charge in [0.15, 0.2) is 0 Å². The summed E-state index contributed by atoms with van der Waals surface area (Å²) in [7, 11) is 0.